The molecule has 0 bridgehead atoms. The van der Waals surface area contributed by atoms with Gasteiger partial charge in [-0.1, -0.05) is 24.6 Å². The summed E-state index contributed by atoms with van der Waals surface area (Å²) in [6.45, 7) is 3.98. The lowest BCUT2D eigenvalue weighted by Crippen LogP contribution is -2.63. The van der Waals surface area contributed by atoms with Gasteiger partial charge in [-0.25, -0.2) is 12.8 Å². The summed E-state index contributed by atoms with van der Waals surface area (Å²) in [5.41, 5.74) is 0.371. The number of carbonyl (C=O) groups excluding carboxylic acids is 1. The second-order valence-electron chi connectivity index (χ2n) is 7.50. The summed E-state index contributed by atoms with van der Waals surface area (Å²) in [6, 6.07) is 6.06. The van der Waals surface area contributed by atoms with Gasteiger partial charge in [0.25, 0.3) is 0 Å². The molecule has 0 spiro atoms. The lowest BCUT2D eigenvalue weighted by Gasteiger charge is -2.44. The Kier molecular flexibility index (Phi) is 6.49. The third-order valence-corrected chi connectivity index (χ3v) is 6.77. The highest BCUT2D eigenvalue weighted by Gasteiger charge is 2.38. The molecule has 150 valence electrons. The quantitative estimate of drug-likeness (QED) is 0.696. The van der Waals surface area contributed by atoms with E-state index in [-0.39, 0.29) is 24.2 Å². The maximum atomic E-state index is 13.7. The van der Waals surface area contributed by atoms with E-state index in [1.165, 1.54) is 35.9 Å². The normalized spacial score (nSPS) is 19.3. The average molecular weight is 398 g/mol. The van der Waals surface area contributed by atoms with E-state index < -0.39 is 10.0 Å². The van der Waals surface area contributed by atoms with Crippen LogP contribution in [0.25, 0.3) is 0 Å². The summed E-state index contributed by atoms with van der Waals surface area (Å²) < 4.78 is 39.6. The van der Waals surface area contributed by atoms with Gasteiger partial charge in [0.05, 0.1) is 18.7 Å². The molecule has 0 saturated carbocycles. The number of hydrogen-bond donors (Lipinski definition) is 0. The number of piperidine rings is 1. The molecule has 0 radical (unpaired) electrons. The van der Waals surface area contributed by atoms with Crippen molar-refractivity contribution in [3.05, 3.63) is 35.6 Å². The molecular weight excluding hydrogens is 369 g/mol. The SMILES string of the molecule is CS(=O)(=O)N(CCN1CCCCC1)C1CN(C(=O)Cc2ccccc2F)C1. The fourth-order valence-electron chi connectivity index (χ4n) is 3.80. The third-order valence-electron chi connectivity index (χ3n) is 5.43. The lowest BCUT2D eigenvalue weighted by molar-refractivity contribution is -0.136. The van der Waals surface area contributed by atoms with Crippen LogP contribution in [0.5, 0.6) is 0 Å². The Balaban J connectivity index is 1.52. The molecule has 6 nitrogen and oxygen atoms in total. The molecule has 8 heteroatoms. The maximum Gasteiger partial charge on any atom is 0.227 e. The molecule has 0 aromatic heterocycles. The van der Waals surface area contributed by atoms with E-state index in [0.29, 0.717) is 25.2 Å². The van der Waals surface area contributed by atoms with Crippen molar-refractivity contribution in [2.45, 2.75) is 31.7 Å². The minimum absolute atomic E-state index is 0.00600. The molecule has 2 aliphatic heterocycles. The summed E-state index contributed by atoms with van der Waals surface area (Å²) in [6.07, 6.45) is 4.81. The lowest BCUT2D eigenvalue weighted by atomic mass is 10.1. The number of rotatable bonds is 7. The number of nitrogens with zero attached hydrogens (tertiary/aromatic N) is 3. The van der Waals surface area contributed by atoms with Crippen LogP contribution in [0.4, 0.5) is 4.39 Å². The van der Waals surface area contributed by atoms with Crippen LogP contribution in [-0.4, -0.2) is 80.0 Å². The highest BCUT2D eigenvalue weighted by atomic mass is 32.2. The standard InChI is InChI=1S/C19H28FN3O3S/c1-27(25,26)23(12-11-21-9-5-2-6-10-21)17-14-22(15-17)19(24)13-16-7-3-4-8-18(16)20/h3-4,7-8,17H,2,5-6,9-15H2,1H3. The van der Waals surface area contributed by atoms with Crippen LogP contribution in [0.1, 0.15) is 24.8 Å². The molecule has 0 N–H and O–H groups in total. The molecule has 2 saturated heterocycles. The number of amides is 1. The summed E-state index contributed by atoms with van der Waals surface area (Å²) in [4.78, 5) is 16.3. The van der Waals surface area contributed by atoms with Gasteiger partial charge in [0.2, 0.25) is 15.9 Å². The van der Waals surface area contributed by atoms with Crippen LogP contribution in [0.3, 0.4) is 0 Å². The smallest absolute Gasteiger partial charge is 0.227 e. The Labute approximate surface area is 161 Å². The molecule has 27 heavy (non-hydrogen) atoms. The Morgan fingerprint density at radius 1 is 1.19 bits per heavy atom. The van der Waals surface area contributed by atoms with Crippen LogP contribution < -0.4 is 0 Å². The first-order valence-corrected chi connectivity index (χ1v) is 11.4. The van der Waals surface area contributed by atoms with Gasteiger partial charge in [-0.05, 0) is 37.6 Å². The monoisotopic (exact) mass is 397 g/mol. The predicted octanol–water partition coefficient (Wildman–Crippen LogP) is 1.33. The number of sulfonamides is 1. The fraction of sp³-hybridized carbons (Fsp3) is 0.632. The van der Waals surface area contributed by atoms with Crippen molar-refractivity contribution in [1.29, 1.82) is 0 Å². The number of likely N-dealkylation sites (tertiary alicyclic amines) is 2. The first-order chi connectivity index (χ1) is 12.8. The van der Waals surface area contributed by atoms with E-state index in [1.54, 1.807) is 23.1 Å². The van der Waals surface area contributed by atoms with E-state index in [9.17, 15) is 17.6 Å². The van der Waals surface area contributed by atoms with Crippen molar-refractivity contribution >= 4 is 15.9 Å². The van der Waals surface area contributed by atoms with Crippen molar-refractivity contribution < 1.29 is 17.6 Å². The number of hydrogen-bond acceptors (Lipinski definition) is 4. The number of halogens is 1. The zero-order valence-corrected chi connectivity index (χ0v) is 16.6. The Morgan fingerprint density at radius 2 is 1.85 bits per heavy atom. The Hall–Kier alpha value is -1.51. The van der Waals surface area contributed by atoms with Crippen molar-refractivity contribution in [2.75, 3.05) is 45.5 Å². The molecule has 0 atom stereocenters. The molecule has 0 aliphatic carbocycles. The van der Waals surface area contributed by atoms with Gasteiger partial charge in [0.1, 0.15) is 5.82 Å². The van der Waals surface area contributed by atoms with Gasteiger partial charge in [-0.3, -0.25) is 4.79 Å². The van der Waals surface area contributed by atoms with Crippen LogP contribution in [-0.2, 0) is 21.2 Å². The van der Waals surface area contributed by atoms with E-state index in [2.05, 4.69) is 4.90 Å². The minimum Gasteiger partial charge on any atom is -0.339 e. The van der Waals surface area contributed by atoms with E-state index in [1.807, 2.05) is 0 Å². The van der Waals surface area contributed by atoms with Gasteiger partial charge in [0.15, 0.2) is 0 Å². The second-order valence-corrected chi connectivity index (χ2v) is 9.43. The fourth-order valence-corrected chi connectivity index (χ4v) is 4.89. The minimum atomic E-state index is -3.33. The zero-order valence-electron chi connectivity index (χ0n) is 15.8. The van der Waals surface area contributed by atoms with Gasteiger partial charge < -0.3 is 9.80 Å². The third kappa shape index (κ3) is 5.27. The van der Waals surface area contributed by atoms with Gasteiger partial charge in [-0.2, -0.15) is 4.31 Å². The molecule has 0 unspecified atom stereocenters. The molecule has 2 heterocycles. The van der Waals surface area contributed by atoms with Crippen LogP contribution in [0, 0.1) is 5.82 Å². The molecule has 1 amide bonds. The number of benzene rings is 1. The van der Waals surface area contributed by atoms with E-state index in [0.717, 1.165) is 19.6 Å². The highest BCUT2D eigenvalue weighted by Crippen LogP contribution is 2.20. The molecule has 1 aromatic carbocycles. The van der Waals surface area contributed by atoms with Crippen LogP contribution >= 0.6 is 0 Å². The van der Waals surface area contributed by atoms with E-state index in [4.69, 9.17) is 0 Å². The summed E-state index contributed by atoms with van der Waals surface area (Å²) in [5.74, 6) is -0.553. The van der Waals surface area contributed by atoms with Gasteiger partial charge in [0, 0.05) is 26.2 Å². The highest BCUT2D eigenvalue weighted by molar-refractivity contribution is 7.88. The summed E-state index contributed by atoms with van der Waals surface area (Å²) in [5, 5.41) is 0. The molecule has 1 aromatic rings. The maximum absolute atomic E-state index is 13.7. The topological polar surface area (TPSA) is 60.9 Å². The summed E-state index contributed by atoms with van der Waals surface area (Å²) in [7, 11) is -3.33. The van der Waals surface area contributed by atoms with Crippen molar-refractivity contribution in [1.82, 2.24) is 14.1 Å². The Morgan fingerprint density at radius 3 is 2.48 bits per heavy atom. The molecule has 2 aliphatic rings. The molecular formula is C19H28FN3O3S. The second kappa shape index (κ2) is 8.67. The van der Waals surface area contributed by atoms with E-state index >= 15 is 0 Å². The van der Waals surface area contributed by atoms with Crippen molar-refractivity contribution in [3.8, 4) is 0 Å². The van der Waals surface area contributed by atoms with Gasteiger partial charge in [-0.15, -0.1) is 0 Å². The predicted molar refractivity (Wildman–Crippen MR) is 102 cm³/mol. The number of carbonyl (C=O) groups is 1. The summed E-state index contributed by atoms with van der Waals surface area (Å²) >= 11 is 0. The zero-order chi connectivity index (χ0) is 19.4. The molecule has 3 rings (SSSR count). The first-order valence-electron chi connectivity index (χ1n) is 9.55. The Bertz CT molecular complexity index is 759. The largest absolute Gasteiger partial charge is 0.339 e. The van der Waals surface area contributed by atoms with Crippen LogP contribution in [0.2, 0.25) is 0 Å². The van der Waals surface area contributed by atoms with Gasteiger partial charge >= 0.3 is 0 Å². The average Bonchev–Trinajstić information content (AvgIpc) is 2.58. The first kappa shape index (κ1) is 20.2. The van der Waals surface area contributed by atoms with Crippen LogP contribution in [0.15, 0.2) is 24.3 Å². The van der Waals surface area contributed by atoms with Crippen molar-refractivity contribution in [3.63, 3.8) is 0 Å². The van der Waals surface area contributed by atoms with Crippen molar-refractivity contribution in [2.24, 2.45) is 0 Å². The molecule has 2 fully saturated rings.